The summed E-state index contributed by atoms with van der Waals surface area (Å²) in [4.78, 5) is 51.4. The van der Waals surface area contributed by atoms with Crippen molar-refractivity contribution in [3.05, 3.63) is 63.5 Å². The van der Waals surface area contributed by atoms with Crippen LogP contribution >= 0.6 is 11.3 Å². The van der Waals surface area contributed by atoms with Crippen LogP contribution < -0.4 is 21.4 Å². The number of thiazole rings is 1. The van der Waals surface area contributed by atoms with E-state index in [1.54, 1.807) is 18.2 Å². The Morgan fingerprint density at radius 3 is 2.64 bits per heavy atom. The Morgan fingerprint density at radius 1 is 1.11 bits per heavy atom. The molecule has 0 aliphatic carbocycles. The molecule has 44 heavy (non-hydrogen) atoms. The summed E-state index contributed by atoms with van der Waals surface area (Å²) in [5.41, 5.74) is 0.163. The van der Waals surface area contributed by atoms with Gasteiger partial charge in [0.1, 0.15) is 16.4 Å². The van der Waals surface area contributed by atoms with Crippen molar-refractivity contribution in [2.45, 2.75) is 19.5 Å². The zero-order valence-corrected chi connectivity index (χ0v) is 24.5. The molecule has 0 bridgehead atoms. The zero-order chi connectivity index (χ0) is 31.3. The lowest BCUT2D eigenvalue weighted by Gasteiger charge is -2.26. The summed E-state index contributed by atoms with van der Waals surface area (Å²) in [5.74, 6) is -0.369. The monoisotopic (exact) mass is 629 g/mol. The normalized spacial score (nSPS) is 14.0. The molecule has 0 radical (unpaired) electrons. The van der Waals surface area contributed by atoms with Gasteiger partial charge in [0.05, 0.1) is 13.2 Å². The number of hydrogen-bond acceptors (Lipinski definition) is 8. The van der Waals surface area contributed by atoms with Crippen LogP contribution in [0.5, 0.6) is 0 Å². The molecular formula is C29H30F3N7O4S. The highest BCUT2D eigenvalue weighted by molar-refractivity contribution is 7.13. The predicted molar refractivity (Wildman–Crippen MR) is 161 cm³/mol. The molecule has 1 saturated heterocycles. The van der Waals surface area contributed by atoms with Gasteiger partial charge >= 0.3 is 12.2 Å². The van der Waals surface area contributed by atoms with E-state index >= 15 is 0 Å². The quantitative estimate of drug-likeness (QED) is 0.216. The first kappa shape index (κ1) is 31.1. The van der Waals surface area contributed by atoms with Crippen molar-refractivity contribution in [2.75, 3.05) is 51.3 Å². The highest BCUT2D eigenvalue weighted by atomic mass is 32.1. The minimum Gasteiger partial charge on any atom is -0.379 e. The molecule has 0 spiro atoms. The van der Waals surface area contributed by atoms with Crippen LogP contribution in [0.4, 0.5) is 23.8 Å². The lowest BCUT2D eigenvalue weighted by Crippen LogP contribution is -2.41. The van der Waals surface area contributed by atoms with Gasteiger partial charge in [0.25, 0.3) is 5.91 Å². The fourth-order valence-electron chi connectivity index (χ4n) is 4.66. The van der Waals surface area contributed by atoms with Crippen LogP contribution in [0.15, 0.2) is 46.8 Å². The number of nitrogens with zero attached hydrogens (tertiary/aromatic N) is 3. The Balaban J connectivity index is 1.43. The third-order valence-corrected chi connectivity index (χ3v) is 7.84. The second kappa shape index (κ2) is 13.5. The van der Waals surface area contributed by atoms with Gasteiger partial charge in [-0.25, -0.2) is 14.8 Å². The number of aromatic amines is 1. The van der Waals surface area contributed by atoms with Crippen LogP contribution in [0.2, 0.25) is 0 Å². The maximum absolute atomic E-state index is 13.4. The number of amides is 3. The molecule has 1 aliphatic rings. The van der Waals surface area contributed by atoms with E-state index in [4.69, 9.17) is 4.74 Å². The van der Waals surface area contributed by atoms with Crippen LogP contribution in [0.25, 0.3) is 32.6 Å². The van der Waals surface area contributed by atoms with Gasteiger partial charge in [-0.3, -0.25) is 19.8 Å². The number of benzene rings is 1. The average molecular weight is 630 g/mol. The number of halogens is 3. The standard InChI is InChI=1S/C29H30F3N7O4S/c1-2-5-34-28(42)38-24-13-19(27-37-23(16-44-27)29(30,31)32)20(14-36-24)17-3-4-18-22(12-17)35-15-21(25(18)40)26(41)33-6-7-39-8-10-43-11-9-39/h3-4,12-16H,2,5-11H2,1H3,(H,33,41)(H,35,40)(H2,34,36,38,42). The minimum absolute atomic E-state index is 0.0335. The Hall–Kier alpha value is -4.34. The summed E-state index contributed by atoms with van der Waals surface area (Å²) in [5, 5.41) is 9.29. The van der Waals surface area contributed by atoms with Gasteiger partial charge in [-0.2, -0.15) is 13.2 Å². The number of pyridine rings is 2. The van der Waals surface area contributed by atoms with E-state index in [-0.39, 0.29) is 21.8 Å². The molecule has 232 valence electrons. The van der Waals surface area contributed by atoms with E-state index in [2.05, 4.69) is 35.8 Å². The van der Waals surface area contributed by atoms with Gasteiger partial charge in [-0.15, -0.1) is 11.3 Å². The molecule has 0 unspecified atom stereocenters. The molecule has 1 aliphatic heterocycles. The topological polar surface area (TPSA) is 141 Å². The molecule has 1 fully saturated rings. The first-order chi connectivity index (χ1) is 21.1. The maximum atomic E-state index is 13.4. The van der Waals surface area contributed by atoms with E-state index < -0.39 is 29.2 Å². The third-order valence-electron chi connectivity index (χ3n) is 6.96. The fourth-order valence-corrected chi connectivity index (χ4v) is 5.52. The van der Waals surface area contributed by atoms with E-state index in [0.717, 1.165) is 36.2 Å². The van der Waals surface area contributed by atoms with Crippen molar-refractivity contribution >= 4 is 40.0 Å². The zero-order valence-electron chi connectivity index (χ0n) is 23.7. The molecule has 0 saturated carbocycles. The number of anilines is 1. The Bertz CT molecular complexity index is 1720. The number of carbonyl (C=O) groups is 2. The molecule has 3 aromatic heterocycles. The predicted octanol–water partition coefficient (Wildman–Crippen LogP) is 4.33. The highest BCUT2D eigenvalue weighted by Crippen LogP contribution is 2.38. The summed E-state index contributed by atoms with van der Waals surface area (Å²) in [6.45, 7) is 6.21. The van der Waals surface area contributed by atoms with Gasteiger partial charge in [0.15, 0.2) is 5.69 Å². The largest absolute Gasteiger partial charge is 0.434 e. The molecule has 4 heterocycles. The summed E-state index contributed by atoms with van der Waals surface area (Å²) in [6.07, 6.45) is -1.14. The van der Waals surface area contributed by atoms with E-state index in [1.807, 2.05) is 6.92 Å². The van der Waals surface area contributed by atoms with Crippen LogP contribution in [0, 0.1) is 0 Å². The first-order valence-electron chi connectivity index (χ1n) is 14.0. The van der Waals surface area contributed by atoms with Crippen molar-refractivity contribution in [2.24, 2.45) is 0 Å². The third kappa shape index (κ3) is 7.23. The maximum Gasteiger partial charge on any atom is 0.434 e. The molecule has 1 aromatic carbocycles. The smallest absolute Gasteiger partial charge is 0.379 e. The molecular weight excluding hydrogens is 599 g/mol. The van der Waals surface area contributed by atoms with Gasteiger partial charge in [0.2, 0.25) is 5.43 Å². The number of aromatic nitrogens is 3. The van der Waals surface area contributed by atoms with E-state index in [1.165, 1.54) is 18.5 Å². The van der Waals surface area contributed by atoms with Crippen molar-refractivity contribution in [1.29, 1.82) is 0 Å². The summed E-state index contributed by atoms with van der Waals surface area (Å²) < 4.78 is 45.4. The summed E-state index contributed by atoms with van der Waals surface area (Å²) >= 11 is 0.808. The Morgan fingerprint density at radius 2 is 1.91 bits per heavy atom. The summed E-state index contributed by atoms with van der Waals surface area (Å²) in [6, 6.07) is 5.77. The van der Waals surface area contributed by atoms with Gasteiger partial charge in [-0.1, -0.05) is 13.0 Å². The van der Waals surface area contributed by atoms with Gasteiger partial charge in [-0.05, 0) is 30.2 Å². The number of carbonyl (C=O) groups excluding carboxylic acids is 2. The summed E-state index contributed by atoms with van der Waals surface area (Å²) in [7, 11) is 0. The fraction of sp³-hybridized carbons (Fsp3) is 0.345. The first-order valence-corrected chi connectivity index (χ1v) is 14.8. The number of ether oxygens (including phenoxy) is 1. The SMILES string of the molecule is CCCNC(=O)Nc1cc(-c2nc(C(F)(F)F)cs2)c(-c2ccc3c(=O)c(C(=O)NCCN4CCOCC4)c[nH]c3c2)cn1. The van der Waals surface area contributed by atoms with Crippen LogP contribution in [-0.2, 0) is 10.9 Å². The number of urea groups is 1. The van der Waals surface area contributed by atoms with Crippen LogP contribution in [-0.4, -0.2) is 77.7 Å². The van der Waals surface area contributed by atoms with Crippen LogP contribution in [0.3, 0.4) is 0 Å². The van der Waals surface area contributed by atoms with Crippen molar-refractivity contribution in [1.82, 2.24) is 30.5 Å². The molecule has 5 rings (SSSR count). The minimum atomic E-state index is -4.63. The van der Waals surface area contributed by atoms with Gasteiger partial charge < -0.3 is 20.4 Å². The molecule has 4 N–H and O–H groups in total. The van der Waals surface area contributed by atoms with E-state index in [0.29, 0.717) is 55.1 Å². The molecule has 15 heteroatoms. The van der Waals surface area contributed by atoms with E-state index in [9.17, 15) is 27.6 Å². The number of morpholine rings is 1. The molecule has 0 atom stereocenters. The van der Waals surface area contributed by atoms with Crippen molar-refractivity contribution in [3.8, 4) is 21.7 Å². The Labute approximate surface area is 253 Å². The number of hydrogen-bond donors (Lipinski definition) is 4. The Kier molecular flexibility index (Phi) is 9.56. The van der Waals surface area contributed by atoms with Crippen LogP contribution in [0.1, 0.15) is 29.4 Å². The molecule has 3 amide bonds. The number of rotatable bonds is 9. The molecule has 4 aromatic rings. The van der Waals surface area contributed by atoms with Crippen molar-refractivity contribution in [3.63, 3.8) is 0 Å². The highest BCUT2D eigenvalue weighted by Gasteiger charge is 2.34. The second-order valence-corrected chi connectivity index (χ2v) is 10.9. The molecule has 11 nitrogen and oxygen atoms in total. The van der Waals surface area contributed by atoms with Gasteiger partial charge in [0, 0.05) is 72.5 Å². The second-order valence-electron chi connectivity index (χ2n) is 10.0. The number of H-pyrrole nitrogens is 1. The number of nitrogens with one attached hydrogen (secondary N) is 4. The lowest BCUT2D eigenvalue weighted by atomic mass is 10.00. The van der Waals surface area contributed by atoms with Crippen molar-refractivity contribution < 1.29 is 27.5 Å². The average Bonchev–Trinajstić information content (AvgIpc) is 3.52. The number of alkyl halides is 3. The lowest BCUT2D eigenvalue weighted by molar-refractivity contribution is -0.140. The number of fused-ring (bicyclic) bond motifs is 1.